The van der Waals surface area contributed by atoms with E-state index in [1.807, 2.05) is 0 Å². The summed E-state index contributed by atoms with van der Waals surface area (Å²) >= 11 is 0. The van der Waals surface area contributed by atoms with Gasteiger partial charge in [0.15, 0.2) is 0 Å². The van der Waals surface area contributed by atoms with Crippen LogP contribution in [0.5, 0.6) is 0 Å². The molecule has 4 atom stereocenters. The van der Waals surface area contributed by atoms with Gasteiger partial charge in [0.1, 0.15) is 12.2 Å². The monoisotopic (exact) mass is 880 g/mol. The second-order valence-corrected chi connectivity index (χ2v) is 20.0. The molecule has 0 bridgehead atoms. The van der Waals surface area contributed by atoms with Crippen molar-refractivity contribution in [2.45, 2.75) is 346 Å². The Balaban J connectivity index is 3.58. The molecule has 6 heteroatoms. The third-order valence-electron chi connectivity index (χ3n) is 13.8. The Morgan fingerprint density at radius 1 is 0.339 bits per heavy atom. The fourth-order valence-corrected chi connectivity index (χ4v) is 9.35. The number of unbranched alkanes of at least 4 members (excludes halogenated alkanes) is 44. The van der Waals surface area contributed by atoms with Gasteiger partial charge in [-0.1, -0.05) is 309 Å². The highest BCUT2D eigenvalue weighted by Crippen LogP contribution is 2.19. The molecule has 0 spiro atoms. The van der Waals surface area contributed by atoms with Crippen LogP contribution in [0.1, 0.15) is 322 Å². The molecule has 0 rings (SSSR count). The molecule has 6 nitrogen and oxygen atoms in total. The van der Waals surface area contributed by atoms with E-state index in [0.717, 1.165) is 38.5 Å². The molecular weight excluding hydrogens is 767 g/mol. The van der Waals surface area contributed by atoms with Gasteiger partial charge in [-0.15, -0.1) is 0 Å². The minimum Gasteiger partial charge on any atom is -0.394 e. The lowest BCUT2D eigenvalue weighted by Crippen LogP contribution is -2.53. The predicted molar refractivity (Wildman–Crippen MR) is 270 cm³/mol. The highest BCUT2D eigenvalue weighted by molar-refractivity contribution is 5.80. The van der Waals surface area contributed by atoms with Crippen LogP contribution in [0.15, 0.2) is 0 Å². The molecule has 62 heavy (non-hydrogen) atoms. The van der Waals surface area contributed by atoms with Crippen molar-refractivity contribution >= 4 is 5.91 Å². The zero-order valence-corrected chi connectivity index (χ0v) is 42.2. The van der Waals surface area contributed by atoms with Crippen molar-refractivity contribution in [1.82, 2.24) is 5.32 Å². The van der Waals surface area contributed by atoms with Crippen molar-refractivity contribution in [3.8, 4) is 0 Å². The number of carbonyl (C=O) groups excluding carboxylic acids is 1. The van der Waals surface area contributed by atoms with Gasteiger partial charge in [-0.25, -0.2) is 0 Å². The van der Waals surface area contributed by atoms with Crippen LogP contribution in [0, 0.1) is 0 Å². The molecule has 4 unspecified atom stereocenters. The Bertz CT molecular complexity index is 856. The van der Waals surface area contributed by atoms with E-state index < -0.39 is 36.9 Å². The third-order valence-corrected chi connectivity index (χ3v) is 13.8. The molecule has 0 heterocycles. The summed E-state index contributed by atoms with van der Waals surface area (Å²) in [5.41, 5.74) is 0. The molecule has 1 amide bonds. The molecule has 0 aliphatic carbocycles. The minimum absolute atomic E-state index is 0.376. The van der Waals surface area contributed by atoms with Crippen molar-refractivity contribution in [2.24, 2.45) is 0 Å². The number of carbonyl (C=O) groups is 1. The second kappa shape index (κ2) is 51.3. The molecule has 5 N–H and O–H groups in total. The number of aliphatic hydroxyl groups is 4. The molecule has 0 aromatic heterocycles. The normalized spacial score (nSPS) is 13.7. The zero-order chi connectivity index (χ0) is 45.2. The summed E-state index contributed by atoms with van der Waals surface area (Å²) in [6.45, 7) is 4.10. The average molecular weight is 881 g/mol. The number of amides is 1. The first kappa shape index (κ1) is 61.3. The highest BCUT2D eigenvalue weighted by Gasteiger charge is 2.28. The number of rotatable bonds is 53. The van der Waals surface area contributed by atoms with Crippen LogP contribution in [-0.2, 0) is 4.79 Å². The summed E-state index contributed by atoms with van der Waals surface area (Å²) in [4.78, 5) is 12.6. The number of aliphatic hydroxyl groups excluding tert-OH is 4. The molecule has 0 saturated heterocycles. The largest absolute Gasteiger partial charge is 0.394 e. The Labute approximate surface area is 388 Å². The van der Waals surface area contributed by atoms with E-state index in [0.29, 0.717) is 12.8 Å². The first-order chi connectivity index (χ1) is 30.5. The van der Waals surface area contributed by atoms with Gasteiger partial charge >= 0.3 is 0 Å². The SMILES string of the molecule is CCCCCCCCCCCCCCCCCCCCCCCCCCCCC(O)C(O)C(CO)NC(=O)C(O)CCCCCCCCCCCCCCCCCCCCCC. The number of hydrogen-bond donors (Lipinski definition) is 5. The Kier molecular flexibility index (Phi) is 50.7. The van der Waals surface area contributed by atoms with Crippen LogP contribution in [0.3, 0.4) is 0 Å². The van der Waals surface area contributed by atoms with Gasteiger partial charge in [-0.3, -0.25) is 4.79 Å². The molecule has 0 aliphatic rings. The van der Waals surface area contributed by atoms with E-state index in [1.165, 1.54) is 257 Å². The van der Waals surface area contributed by atoms with Crippen LogP contribution >= 0.6 is 0 Å². The lowest BCUT2D eigenvalue weighted by molar-refractivity contribution is -0.132. The van der Waals surface area contributed by atoms with E-state index in [4.69, 9.17) is 0 Å². The third kappa shape index (κ3) is 44.5. The summed E-state index contributed by atoms with van der Waals surface area (Å²) < 4.78 is 0. The van der Waals surface area contributed by atoms with Crippen LogP contribution in [0.4, 0.5) is 0 Å². The summed E-state index contributed by atoms with van der Waals surface area (Å²) in [6.07, 6.45) is 58.8. The van der Waals surface area contributed by atoms with Crippen molar-refractivity contribution in [1.29, 1.82) is 0 Å². The Morgan fingerprint density at radius 2 is 0.548 bits per heavy atom. The Morgan fingerprint density at radius 3 is 0.774 bits per heavy atom. The van der Waals surface area contributed by atoms with Crippen LogP contribution in [0.2, 0.25) is 0 Å². The maximum atomic E-state index is 12.6. The van der Waals surface area contributed by atoms with Crippen molar-refractivity contribution in [3.05, 3.63) is 0 Å². The van der Waals surface area contributed by atoms with Crippen molar-refractivity contribution in [2.75, 3.05) is 6.61 Å². The topological polar surface area (TPSA) is 110 Å². The Hall–Kier alpha value is -0.690. The number of nitrogens with one attached hydrogen (secondary N) is 1. The van der Waals surface area contributed by atoms with Crippen molar-refractivity contribution < 1.29 is 25.2 Å². The fraction of sp³-hybridized carbons (Fsp3) is 0.982. The van der Waals surface area contributed by atoms with Crippen LogP contribution < -0.4 is 5.32 Å². The van der Waals surface area contributed by atoms with Gasteiger partial charge in [-0.05, 0) is 12.8 Å². The molecule has 0 aromatic carbocycles. The predicted octanol–water partition coefficient (Wildman–Crippen LogP) is 16.3. The molecule has 0 saturated carbocycles. The summed E-state index contributed by atoms with van der Waals surface area (Å²) in [5.74, 6) is -0.576. The fourth-order valence-electron chi connectivity index (χ4n) is 9.35. The maximum absolute atomic E-state index is 12.6. The van der Waals surface area contributed by atoms with Gasteiger partial charge < -0.3 is 25.7 Å². The number of hydrogen-bond acceptors (Lipinski definition) is 5. The molecular formula is C56H113NO5. The highest BCUT2D eigenvalue weighted by atomic mass is 16.3. The average Bonchev–Trinajstić information content (AvgIpc) is 3.28. The van der Waals surface area contributed by atoms with Gasteiger partial charge in [0.2, 0.25) is 5.91 Å². The van der Waals surface area contributed by atoms with Gasteiger partial charge in [0, 0.05) is 0 Å². The zero-order valence-electron chi connectivity index (χ0n) is 42.2. The standard InChI is InChI=1S/C56H113NO5/c1-3-5-7-9-11-13-15-17-19-21-23-25-26-27-28-29-30-32-33-35-37-39-41-43-45-47-49-53(59)55(61)52(51-58)57-56(62)54(60)50-48-46-44-42-40-38-36-34-31-24-22-20-18-16-14-12-10-8-6-4-2/h52-55,58-61H,3-51H2,1-2H3,(H,57,62). The smallest absolute Gasteiger partial charge is 0.249 e. The molecule has 0 aliphatic heterocycles. The van der Waals surface area contributed by atoms with E-state index in [9.17, 15) is 25.2 Å². The molecule has 372 valence electrons. The van der Waals surface area contributed by atoms with E-state index in [1.54, 1.807) is 0 Å². The van der Waals surface area contributed by atoms with E-state index in [2.05, 4.69) is 19.2 Å². The summed E-state index contributed by atoms with van der Waals surface area (Å²) in [7, 11) is 0. The molecule has 0 radical (unpaired) electrons. The van der Waals surface area contributed by atoms with Crippen molar-refractivity contribution in [3.63, 3.8) is 0 Å². The first-order valence-corrected chi connectivity index (χ1v) is 28.4. The lowest BCUT2D eigenvalue weighted by atomic mass is 9.99. The maximum Gasteiger partial charge on any atom is 0.249 e. The van der Waals surface area contributed by atoms with Gasteiger partial charge in [0.05, 0.1) is 18.8 Å². The quantitative estimate of drug-likeness (QED) is 0.0391. The van der Waals surface area contributed by atoms with E-state index >= 15 is 0 Å². The van der Waals surface area contributed by atoms with E-state index in [-0.39, 0.29) is 0 Å². The minimum atomic E-state index is -1.25. The van der Waals surface area contributed by atoms with Crippen LogP contribution in [0.25, 0.3) is 0 Å². The lowest BCUT2D eigenvalue weighted by Gasteiger charge is -2.27. The molecule has 0 fully saturated rings. The summed E-state index contributed by atoms with van der Waals surface area (Å²) in [6, 6.07) is -0.980. The second-order valence-electron chi connectivity index (χ2n) is 20.0. The van der Waals surface area contributed by atoms with Gasteiger partial charge in [-0.2, -0.15) is 0 Å². The van der Waals surface area contributed by atoms with Crippen LogP contribution in [-0.4, -0.2) is 57.3 Å². The first-order valence-electron chi connectivity index (χ1n) is 28.4. The summed E-state index contributed by atoms with van der Waals surface area (Å²) in [5, 5.41) is 44.0. The molecule has 0 aromatic rings. The van der Waals surface area contributed by atoms with Gasteiger partial charge in [0.25, 0.3) is 0 Å².